The molecule has 0 saturated heterocycles. The van der Waals surface area contributed by atoms with Gasteiger partial charge in [-0.05, 0) is 128 Å². The molecule has 0 amide bonds. The van der Waals surface area contributed by atoms with Gasteiger partial charge in [-0.1, -0.05) is 206 Å². The molecule has 12 aromatic carbocycles. The molecule has 4 aliphatic rings. The van der Waals surface area contributed by atoms with E-state index >= 15 is 0 Å². The lowest BCUT2D eigenvalue weighted by atomic mass is 9.66. The SMILES string of the molecule is c1cc(-c2cccc3c2-c2ccccc2C32c3ccccc3Oc3ccccc32)cc(N(c2ccc(-c3cccc4c3oc3ccccc34)cc2)c2ccc3c(c2)C2(c4ccccc4Oc4ccccc42)c2ccccc2-3)c1. The molecular weight excluding hydrogens is 951 g/mol. The van der Waals surface area contributed by atoms with Gasteiger partial charge in [-0.25, -0.2) is 0 Å². The summed E-state index contributed by atoms with van der Waals surface area (Å²) in [7, 11) is 0. The highest BCUT2D eigenvalue weighted by Crippen LogP contribution is 2.65. The average Bonchev–Trinajstić information content (AvgIpc) is 3.62. The Balaban J connectivity index is 0.884. The Kier molecular flexibility index (Phi) is 8.94. The van der Waals surface area contributed by atoms with Gasteiger partial charge in [0.15, 0.2) is 0 Å². The van der Waals surface area contributed by atoms with E-state index in [0.29, 0.717) is 0 Å². The van der Waals surface area contributed by atoms with E-state index < -0.39 is 10.8 Å². The van der Waals surface area contributed by atoms with E-state index in [9.17, 15) is 0 Å². The Hall–Kier alpha value is -10.2. The lowest BCUT2D eigenvalue weighted by Crippen LogP contribution is -2.32. The molecule has 0 fully saturated rings. The van der Waals surface area contributed by atoms with Crippen molar-refractivity contribution >= 4 is 39.0 Å². The summed E-state index contributed by atoms with van der Waals surface area (Å²) in [6.07, 6.45) is 0. The number of anilines is 3. The van der Waals surface area contributed by atoms with E-state index in [-0.39, 0.29) is 0 Å². The third-order valence-corrected chi connectivity index (χ3v) is 17.2. The average molecular weight is 996 g/mol. The van der Waals surface area contributed by atoms with Crippen LogP contribution in [0.15, 0.2) is 277 Å². The van der Waals surface area contributed by atoms with E-state index in [2.05, 4.69) is 272 Å². The molecule has 364 valence electrons. The van der Waals surface area contributed by atoms with Crippen LogP contribution in [0.1, 0.15) is 44.5 Å². The van der Waals surface area contributed by atoms with E-state index in [1.165, 1.54) is 50.1 Å². The van der Waals surface area contributed by atoms with Crippen molar-refractivity contribution in [3.8, 4) is 67.5 Å². The fourth-order valence-electron chi connectivity index (χ4n) is 14.1. The van der Waals surface area contributed by atoms with Gasteiger partial charge in [-0.2, -0.15) is 0 Å². The minimum atomic E-state index is -0.634. The smallest absolute Gasteiger partial charge is 0.143 e. The van der Waals surface area contributed by atoms with Crippen LogP contribution in [0.3, 0.4) is 0 Å². The summed E-state index contributed by atoms with van der Waals surface area (Å²) < 4.78 is 20.0. The molecule has 78 heavy (non-hydrogen) atoms. The monoisotopic (exact) mass is 995 g/mol. The molecule has 2 aliphatic heterocycles. The molecule has 13 aromatic rings. The first-order valence-electron chi connectivity index (χ1n) is 26.8. The number of benzene rings is 12. The molecule has 0 N–H and O–H groups in total. The molecule has 1 aromatic heterocycles. The fourth-order valence-corrected chi connectivity index (χ4v) is 14.1. The van der Waals surface area contributed by atoms with E-state index in [1.807, 2.05) is 6.07 Å². The van der Waals surface area contributed by atoms with Crippen LogP contribution in [0.25, 0.3) is 66.4 Å². The van der Waals surface area contributed by atoms with Crippen molar-refractivity contribution in [2.45, 2.75) is 10.8 Å². The Labute approximate surface area is 451 Å². The zero-order chi connectivity index (χ0) is 51.1. The van der Waals surface area contributed by atoms with Crippen LogP contribution in [0, 0.1) is 0 Å². The van der Waals surface area contributed by atoms with Crippen molar-refractivity contribution in [2.75, 3.05) is 4.90 Å². The number of para-hydroxylation sites is 6. The highest BCUT2D eigenvalue weighted by molar-refractivity contribution is 6.09. The summed E-state index contributed by atoms with van der Waals surface area (Å²) in [6, 6.07) is 99.2. The molecule has 17 rings (SSSR count). The van der Waals surface area contributed by atoms with E-state index in [1.54, 1.807) is 0 Å². The van der Waals surface area contributed by atoms with E-state index in [0.717, 1.165) is 101 Å². The van der Waals surface area contributed by atoms with Gasteiger partial charge in [0.1, 0.15) is 34.2 Å². The van der Waals surface area contributed by atoms with Crippen LogP contribution in [-0.2, 0) is 10.8 Å². The molecule has 3 heterocycles. The Bertz CT molecular complexity index is 4570. The van der Waals surface area contributed by atoms with Crippen LogP contribution in [0.4, 0.5) is 17.1 Å². The second-order valence-electron chi connectivity index (χ2n) is 21.0. The zero-order valence-electron chi connectivity index (χ0n) is 42.2. The number of ether oxygens (including phenoxy) is 2. The first kappa shape index (κ1) is 43.1. The lowest BCUT2D eigenvalue weighted by Gasteiger charge is -2.39. The van der Waals surface area contributed by atoms with Gasteiger partial charge in [-0.15, -0.1) is 0 Å². The predicted molar refractivity (Wildman–Crippen MR) is 314 cm³/mol. The van der Waals surface area contributed by atoms with Crippen molar-refractivity contribution < 1.29 is 13.9 Å². The minimum Gasteiger partial charge on any atom is -0.457 e. The van der Waals surface area contributed by atoms with Gasteiger partial charge in [0, 0.05) is 55.7 Å². The maximum absolute atomic E-state index is 6.76. The van der Waals surface area contributed by atoms with Crippen LogP contribution in [0.5, 0.6) is 23.0 Å². The van der Waals surface area contributed by atoms with Gasteiger partial charge in [0.2, 0.25) is 0 Å². The lowest BCUT2D eigenvalue weighted by molar-refractivity contribution is 0.436. The normalized spacial score (nSPS) is 14.1. The quantitative estimate of drug-likeness (QED) is 0.172. The van der Waals surface area contributed by atoms with Crippen molar-refractivity contribution in [3.05, 3.63) is 317 Å². The third kappa shape index (κ3) is 5.73. The van der Waals surface area contributed by atoms with Gasteiger partial charge in [0.05, 0.1) is 10.8 Å². The molecule has 0 unspecified atom stereocenters. The summed E-state index contributed by atoms with van der Waals surface area (Å²) in [6.45, 7) is 0. The van der Waals surface area contributed by atoms with Gasteiger partial charge in [0.25, 0.3) is 0 Å². The molecule has 0 atom stereocenters. The number of nitrogens with zero attached hydrogens (tertiary/aromatic N) is 1. The molecule has 0 radical (unpaired) electrons. The predicted octanol–water partition coefficient (Wildman–Crippen LogP) is 19.3. The highest BCUT2D eigenvalue weighted by atomic mass is 16.5. The summed E-state index contributed by atoms with van der Waals surface area (Å²) in [5.74, 6) is 3.51. The molecule has 0 saturated carbocycles. The maximum atomic E-state index is 6.76. The summed E-state index contributed by atoms with van der Waals surface area (Å²) >= 11 is 0. The maximum Gasteiger partial charge on any atom is 0.143 e. The fraction of sp³-hybridized carbons (Fsp3) is 0.0270. The topological polar surface area (TPSA) is 34.8 Å². The molecule has 4 heteroatoms. The Morgan fingerprint density at radius 3 is 1.41 bits per heavy atom. The number of hydrogen-bond donors (Lipinski definition) is 0. The van der Waals surface area contributed by atoms with Crippen LogP contribution < -0.4 is 14.4 Å². The van der Waals surface area contributed by atoms with Gasteiger partial charge >= 0.3 is 0 Å². The molecule has 0 bridgehead atoms. The summed E-state index contributed by atoms with van der Waals surface area (Å²) in [4.78, 5) is 2.44. The summed E-state index contributed by atoms with van der Waals surface area (Å²) in [5.41, 5.74) is 22.6. The van der Waals surface area contributed by atoms with E-state index in [4.69, 9.17) is 13.9 Å². The second kappa shape index (κ2) is 16.2. The van der Waals surface area contributed by atoms with Crippen LogP contribution in [-0.4, -0.2) is 0 Å². The Morgan fingerprint density at radius 1 is 0.269 bits per heavy atom. The van der Waals surface area contributed by atoms with Crippen molar-refractivity contribution in [1.29, 1.82) is 0 Å². The standard InChI is InChI=1S/C74H45NO3/c1-4-26-58-53(20-1)54-43-42-50(45-65(54)74(58)62-30-8-13-36-69(62)77-70-37-14-9-31-63(70)74)75(48-40-38-46(39-41-48)52-24-16-25-56-55-21-3-10-33-66(55)78-72(52)56)49-19-15-18-47(44-49)51-23-17-32-64-71(51)57-22-2-5-27-59(57)73(64)60-28-6-11-34-67(60)76-68-35-12-7-29-61(68)73/h1-45H. The minimum absolute atomic E-state index is 0.579. The number of furan rings is 1. The van der Waals surface area contributed by atoms with Crippen molar-refractivity contribution in [3.63, 3.8) is 0 Å². The number of fused-ring (bicyclic) bond motifs is 21. The molecule has 2 spiro atoms. The second-order valence-corrected chi connectivity index (χ2v) is 21.0. The number of rotatable bonds is 5. The summed E-state index contributed by atoms with van der Waals surface area (Å²) in [5, 5.41) is 2.23. The third-order valence-electron chi connectivity index (χ3n) is 17.2. The van der Waals surface area contributed by atoms with Crippen LogP contribution >= 0.6 is 0 Å². The zero-order valence-corrected chi connectivity index (χ0v) is 42.2. The largest absolute Gasteiger partial charge is 0.457 e. The first-order chi connectivity index (χ1) is 38.7. The molecule has 4 nitrogen and oxygen atoms in total. The molecular formula is C74H45NO3. The number of hydrogen-bond acceptors (Lipinski definition) is 4. The Morgan fingerprint density at radius 2 is 0.731 bits per heavy atom. The highest BCUT2D eigenvalue weighted by Gasteiger charge is 2.53. The molecule has 2 aliphatic carbocycles. The van der Waals surface area contributed by atoms with Crippen molar-refractivity contribution in [1.82, 2.24) is 0 Å². The van der Waals surface area contributed by atoms with Gasteiger partial charge in [-0.3, -0.25) is 0 Å². The first-order valence-corrected chi connectivity index (χ1v) is 26.8. The van der Waals surface area contributed by atoms with Crippen molar-refractivity contribution in [2.24, 2.45) is 0 Å². The van der Waals surface area contributed by atoms with Crippen LogP contribution in [0.2, 0.25) is 0 Å². The van der Waals surface area contributed by atoms with Gasteiger partial charge < -0.3 is 18.8 Å².